The fraction of sp³-hybridized carbons (Fsp3) is 0.828. The molecule has 1 aliphatic rings. The Kier molecular flexibility index (Phi) is 19.8. The number of likely N-dealkylation sites (N-methyl/N-ethyl adjacent to an activating group) is 1. The van der Waals surface area contributed by atoms with E-state index in [-0.39, 0.29) is 23.4 Å². The fourth-order valence-electron chi connectivity index (χ4n) is 4.84. The molecule has 33 heavy (non-hydrogen) atoms. The lowest BCUT2D eigenvalue weighted by Crippen LogP contribution is -2.55. The van der Waals surface area contributed by atoms with Crippen LogP contribution in [0.25, 0.3) is 0 Å². The summed E-state index contributed by atoms with van der Waals surface area (Å²) in [6.45, 7) is 20.9. The molecule has 1 rings (SSSR count). The second-order valence-electron chi connectivity index (χ2n) is 9.37. The summed E-state index contributed by atoms with van der Waals surface area (Å²) in [4.78, 5) is 13.6. The molecule has 0 amide bonds. The lowest BCUT2D eigenvalue weighted by molar-refractivity contribution is -0.191. The third-order valence-corrected chi connectivity index (χ3v) is 6.60. The Balaban J connectivity index is 0. The molecule has 0 aromatic carbocycles. The molecular formula is C29H57NO3. The molecule has 0 spiro atoms. The van der Waals surface area contributed by atoms with Crippen molar-refractivity contribution in [1.82, 2.24) is 5.32 Å². The average Bonchev–Trinajstić information content (AvgIpc) is 2.84. The van der Waals surface area contributed by atoms with Crippen molar-refractivity contribution < 1.29 is 14.6 Å². The Hall–Kier alpha value is -1.13. The second kappa shape index (κ2) is 19.2. The topological polar surface area (TPSA) is 58.6 Å². The van der Waals surface area contributed by atoms with E-state index in [0.717, 1.165) is 51.4 Å². The van der Waals surface area contributed by atoms with E-state index in [9.17, 15) is 9.90 Å². The van der Waals surface area contributed by atoms with Gasteiger partial charge in [-0.15, -0.1) is 0 Å². The van der Waals surface area contributed by atoms with E-state index in [0.29, 0.717) is 6.54 Å². The number of aliphatic hydroxyl groups is 1. The van der Waals surface area contributed by atoms with Gasteiger partial charge >= 0.3 is 5.97 Å². The smallest absolute Gasteiger partial charge is 0.339 e. The van der Waals surface area contributed by atoms with Gasteiger partial charge in [-0.3, -0.25) is 0 Å². The molecule has 1 fully saturated rings. The summed E-state index contributed by atoms with van der Waals surface area (Å²) in [7, 11) is 1.88. The molecule has 4 nitrogen and oxygen atoms in total. The van der Waals surface area contributed by atoms with Gasteiger partial charge in [-0.2, -0.15) is 0 Å². The van der Waals surface area contributed by atoms with E-state index in [4.69, 9.17) is 4.74 Å². The quantitative estimate of drug-likeness (QED) is 0.218. The van der Waals surface area contributed by atoms with Gasteiger partial charge < -0.3 is 15.2 Å². The highest BCUT2D eigenvalue weighted by molar-refractivity contribution is 5.81. The number of hydrogen-bond donors (Lipinski definition) is 2. The number of hydrogen-bond acceptors (Lipinski definition) is 4. The summed E-state index contributed by atoms with van der Waals surface area (Å²) in [5.41, 5.74) is -1.64. The molecule has 0 saturated heterocycles. The van der Waals surface area contributed by atoms with Crippen LogP contribution in [0, 0.1) is 17.3 Å². The molecule has 1 aliphatic carbocycles. The van der Waals surface area contributed by atoms with Gasteiger partial charge in [0, 0.05) is 17.9 Å². The van der Waals surface area contributed by atoms with Gasteiger partial charge in [0.1, 0.15) is 6.10 Å². The molecule has 2 N–H and O–H groups in total. The zero-order valence-electron chi connectivity index (χ0n) is 23.5. The number of esters is 1. The predicted molar refractivity (Wildman–Crippen MR) is 144 cm³/mol. The molecule has 0 bridgehead atoms. The first-order valence-electron chi connectivity index (χ1n) is 13.6. The van der Waals surface area contributed by atoms with Crippen LogP contribution in [0.2, 0.25) is 0 Å². The third kappa shape index (κ3) is 10.8. The first-order chi connectivity index (χ1) is 15.8. The Morgan fingerprint density at radius 1 is 1.12 bits per heavy atom. The van der Waals surface area contributed by atoms with Crippen LogP contribution in [0.3, 0.4) is 0 Å². The van der Waals surface area contributed by atoms with Gasteiger partial charge in [0.25, 0.3) is 0 Å². The van der Waals surface area contributed by atoms with Gasteiger partial charge in [-0.1, -0.05) is 112 Å². The second-order valence-corrected chi connectivity index (χ2v) is 9.37. The van der Waals surface area contributed by atoms with E-state index in [2.05, 4.69) is 39.6 Å². The van der Waals surface area contributed by atoms with E-state index >= 15 is 0 Å². The molecule has 0 aromatic heterocycles. The first-order valence-corrected chi connectivity index (χ1v) is 13.6. The van der Waals surface area contributed by atoms with Crippen molar-refractivity contribution in [3.8, 4) is 0 Å². The number of carbonyl (C=O) groups excluding carboxylic acids is 1. The Morgan fingerprint density at radius 3 is 2.15 bits per heavy atom. The van der Waals surface area contributed by atoms with Crippen LogP contribution in [-0.4, -0.2) is 36.4 Å². The lowest BCUT2D eigenvalue weighted by atomic mass is 9.69. The normalized spacial score (nSPS) is 18.1. The third-order valence-electron chi connectivity index (χ3n) is 6.60. The summed E-state index contributed by atoms with van der Waals surface area (Å²) < 4.78 is 6.12. The maximum Gasteiger partial charge on any atom is 0.339 e. The highest BCUT2D eigenvalue weighted by Crippen LogP contribution is 2.41. The molecule has 0 radical (unpaired) electrons. The van der Waals surface area contributed by atoms with Crippen LogP contribution in [0.5, 0.6) is 0 Å². The number of carbonyl (C=O) groups is 1. The minimum Gasteiger partial charge on any atom is -0.458 e. The van der Waals surface area contributed by atoms with E-state index in [1.54, 1.807) is 6.08 Å². The molecule has 3 atom stereocenters. The summed E-state index contributed by atoms with van der Waals surface area (Å²) in [5.74, 6) is -0.758. The van der Waals surface area contributed by atoms with E-state index < -0.39 is 11.6 Å². The number of nitrogens with one attached hydrogen (secondary N) is 1. The predicted octanol–water partition coefficient (Wildman–Crippen LogP) is 7.47. The molecule has 0 aromatic rings. The summed E-state index contributed by atoms with van der Waals surface area (Å²) >= 11 is 0. The molecule has 0 aliphatic heterocycles. The maximum absolute atomic E-state index is 13.6. The van der Waals surface area contributed by atoms with Gasteiger partial charge in [0.15, 0.2) is 5.60 Å². The van der Waals surface area contributed by atoms with Crippen LogP contribution in [0.15, 0.2) is 24.8 Å². The van der Waals surface area contributed by atoms with Crippen LogP contribution in [0.1, 0.15) is 113 Å². The zero-order chi connectivity index (χ0) is 25.9. The number of rotatable bonds is 13. The zero-order valence-corrected chi connectivity index (χ0v) is 23.5. The molecule has 4 heteroatoms. The van der Waals surface area contributed by atoms with Crippen LogP contribution >= 0.6 is 0 Å². The Bertz CT molecular complexity index is 523. The van der Waals surface area contributed by atoms with Crippen molar-refractivity contribution in [2.75, 3.05) is 13.6 Å². The highest BCUT2D eigenvalue weighted by atomic mass is 16.6. The SMILES string of the molecule is C=C/C=C\C(CCC)C(O)(C(=O)OC(CNC)C(C)(C)CCC)C1CCCCC1.CC.CC. The van der Waals surface area contributed by atoms with Crippen molar-refractivity contribution in [1.29, 1.82) is 0 Å². The summed E-state index contributed by atoms with van der Waals surface area (Å²) in [6, 6.07) is 0. The lowest BCUT2D eigenvalue weighted by Gasteiger charge is -2.43. The monoisotopic (exact) mass is 467 g/mol. The standard InChI is InChI=1S/C25H45NO3.2C2H6/c1-7-10-15-20(14-8-2)25(28,21-16-12-11-13-17-21)23(27)29-22(19-26-6)24(4,5)18-9-3;2*1-2/h7,10,15,20-22,26,28H,1,8-9,11-14,16-19H2,2-6H3;2*1-2H3/b15-10-;;. The Labute approximate surface area is 206 Å². The minimum atomic E-state index is -1.48. The van der Waals surface area contributed by atoms with Crippen molar-refractivity contribution in [2.45, 2.75) is 125 Å². The van der Waals surface area contributed by atoms with Crippen molar-refractivity contribution in [2.24, 2.45) is 17.3 Å². The van der Waals surface area contributed by atoms with Crippen molar-refractivity contribution in [3.05, 3.63) is 24.8 Å². The largest absolute Gasteiger partial charge is 0.458 e. The minimum absolute atomic E-state index is 0.0562. The average molecular weight is 468 g/mol. The molecule has 1 saturated carbocycles. The van der Waals surface area contributed by atoms with Crippen molar-refractivity contribution >= 4 is 5.97 Å². The van der Waals surface area contributed by atoms with E-state index in [1.807, 2.05) is 46.9 Å². The highest BCUT2D eigenvalue weighted by Gasteiger charge is 2.51. The van der Waals surface area contributed by atoms with Crippen LogP contribution in [-0.2, 0) is 9.53 Å². The number of ether oxygens (including phenoxy) is 1. The van der Waals surface area contributed by atoms with Gasteiger partial charge in [0.2, 0.25) is 0 Å². The van der Waals surface area contributed by atoms with Gasteiger partial charge in [-0.05, 0) is 38.6 Å². The molecule has 3 unspecified atom stereocenters. The van der Waals surface area contributed by atoms with Gasteiger partial charge in [0.05, 0.1) is 0 Å². The molecule has 196 valence electrons. The molecular weight excluding hydrogens is 410 g/mol. The maximum atomic E-state index is 13.6. The summed E-state index contributed by atoms with van der Waals surface area (Å²) in [6.07, 6.45) is 13.9. The Morgan fingerprint density at radius 2 is 1.70 bits per heavy atom. The van der Waals surface area contributed by atoms with Crippen LogP contribution < -0.4 is 5.32 Å². The fourth-order valence-corrected chi connectivity index (χ4v) is 4.84. The van der Waals surface area contributed by atoms with Crippen LogP contribution in [0.4, 0.5) is 0 Å². The number of allylic oxidation sites excluding steroid dienone is 2. The van der Waals surface area contributed by atoms with E-state index in [1.165, 1.54) is 6.42 Å². The van der Waals surface area contributed by atoms with Crippen molar-refractivity contribution in [3.63, 3.8) is 0 Å². The summed E-state index contributed by atoms with van der Waals surface area (Å²) in [5, 5.41) is 15.1. The first kappa shape index (κ1) is 34.0. The van der Waals surface area contributed by atoms with Gasteiger partial charge in [-0.25, -0.2) is 4.79 Å². The molecule has 0 heterocycles.